The van der Waals surface area contributed by atoms with Gasteiger partial charge in [-0.3, -0.25) is 4.79 Å². The molecule has 1 saturated heterocycles. The van der Waals surface area contributed by atoms with Gasteiger partial charge in [0.1, 0.15) is 0 Å². The molecule has 88 valence electrons. The molecule has 0 saturated carbocycles. The fraction of sp³-hybridized carbons (Fsp3) is 0.923. The molecule has 0 radical (unpaired) electrons. The first-order valence-corrected chi connectivity index (χ1v) is 6.34. The Balaban J connectivity index is 2.07. The summed E-state index contributed by atoms with van der Waals surface area (Å²) in [6.07, 6.45) is 5.98. The summed E-state index contributed by atoms with van der Waals surface area (Å²) in [5.41, 5.74) is 0. The van der Waals surface area contributed by atoms with Crippen LogP contribution in [0.3, 0.4) is 0 Å². The van der Waals surface area contributed by atoms with Crippen molar-refractivity contribution < 1.29 is 4.79 Å². The van der Waals surface area contributed by atoms with Gasteiger partial charge in [0, 0.05) is 13.0 Å². The zero-order valence-corrected chi connectivity index (χ0v) is 10.4. The summed E-state index contributed by atoms with van der Waals surface area (Å²) in [6.45, 7) is 7.80. The Kier molecular flexibility index (Phi) is 5.13. The van der Waals surface area contributed by atoms with E-state index in [4.69, 9.17) is 0 Å². The maximum atomic E-state index is 11.0. The first-order valence-electron chi connectivity index (χ1n) is 6.34. The molecular formula is C13H25NO. The van der Waals surface area contributed by atoms with E-state index in [1.54, 1.807) is 0 Å². The van der Waals surface area contributed by atoms with E-state index in [2.05, 4.69) is 26.1 Å². The summed E-state index contributed by atoms with van der Waals surface area (Å²) >= 11 is 0. The molecule has 0 aromatic heterocycles. The Morgan fingerprint density at radius 3 is 2.60 bits per heavy atom. The first kappa shape index (κ1) is 12.5. The van der Waals surface area contributed by atoms with E-state index in [0.717, 1.165) is 24.8 Å². The van der Waals surface area contributed by atoms with Crippen LogP contribution < -0.4 is 5.32 Å². The van der Waals surface area contributed by atoms with Gasteiger partial charge in [-0.15, -0.1) is 0 Å². The molecular weight excluding hydrogens is 186 g/mol. The molecule has 1 heterocycles. The molecule has 0 aromatic carbocycles. The van der Waals surface area contributed by atoms with Gasteiger partial charge >= 0.3 is 0 Å². The third-order valence-electron chi connectivity index (χ3n) is 3.28. The average Bonchev–Trinajstić information content (AvgIpc) is 2.50. The van der Waals surface area contributed by atoms with E-state index in [-0.39, 0.29) is 5.91 Å². The van der Waals surface area contributed by atoms with Crippen LogP contribution in [-0.4, -0.2) is 12.5 Å². The minimum Gasteiger partial charge on any atom is -0.356 e. The van der Waals surface area contributed by atoms with Crippen LogP contribution in [0.25, 0.3) is 0 Å². The van der Waals surface area contributed by atoms with Crippen LogP contribution in [-0.2, 0) is 4.79 Å². The van der Waals surface area contributed by atoms with E-state index < -0.39 is 0 Å². The highest BCUT2D eigenvalue weighted by atomic mass is 16.1. The normalized spacial score (nSPS) is 23.2. The number of amides is 1. The van der Waals surface area contributed by atoms with Crippen molar-refractivity contribution in [1.82, 2.24) is 5.32 Å². The number of nitrogens with one attached hydrogen (secondary N) is 1. The Morgan fingerprint density at radius 1 is 1.33 bits per heavy atom. The van der Waals surface area contributed by atoms with Crippen molar-refractivity contribution in [2.45, 2.75) is 52.9 Å². The van der Waals surface area contributed by atoms with Crippen molar-refractivity contribution in [2.75, 3.05) is 6.54 Å². The van der Waals surface area contributed by atoms with E-state index in [0.29, 0.717) is 5.92 Å². The number of hydrogen-bond donors (Lipinski definition) is 1. The fourth-order valence-corrected chi connectivity index (χ4v) is 2.39. The highest BCUT2D eigenvalue weighted by molar-refractivity contribution is 5.78. The molecule has 1 aliphatic heterocycles. The zero-order valence-electron chi connectivity index (χ0n) is 10.4. The van der Waals surface area contributed by atoms with Gasteiger partial charge < -0.3 is 5.32 Å². The first-order chi connectivity index (χ1) is 7.08. The Morgan fingerprint density at radius 2 is 2.07 bits per heavy atom. The third-order valence-corrected chi connectivity index (χ3v) is 3.28. The Hall–Kier alpha value is -0.530. The van der Waals surface area contributed by atoms with Gasteiger partial charge in [0.05, 0.1) is 0 Å². The van der Waals surface area contributed by atoms with Gasteiger partial charge in [-0.25, -0.2) is 0 Å². The van der Waals surface area contributed by atoms with Crippen molar-refractivity contribution >= 4 is 5.91 Å². The molecule has 1 amide bonds. The predicted molar refractivity (Wildman–Crippen MR) is 63.6 cm³/mol. The molecule has 2 nitrogen and oxygen atoms in total. The zero-order chi connectivity index (χ0) is 11.3. The Bertz CT molecular complexity index is 201. The summed E-state index contributed by atoms with van der Waals surface area (Å²) in [6, 6.07) is 0. The summed E-state index contributed by atoms with van der Waals surface area (Å²) < 4.78 is 0. The Labute approximate surface area is 93.8 Å². The number of rotatable bonds is 6. The van der Waals surface area contributed by atoms with Crippen molar-refractivity contribution in [3.63, 3.8) is 0 Å². The van der Waals surface area contributed by atoms with Crippen molar-refractivity contribution in [1.29, 1.82) is 0 Å². The molecule has 2 heteroatoms. The highest BCUT2D eigenvalue weighted by Crippen LogP contribution is 2.23. The quantitative estimate of drug-likeness (QED) is 0.719. The maximum absolute atomic E-state index is 11.0. The van der Waals surface area contributed by atoms with Crippen LogP contribution >= 0.6 is 0 Å². The smallest absolute Gasteiger partial charge is 0.220 e. The topological polar surface area (TPSA) is 29.1 Å². The summed E-state index contributed by atoms with van der Waals surface area (Å²) in [4.78, 5) is 11.0. The second-order valence-electron chi connectivity index (χ2n) is 5.54. The van der Waals surface area contributed by atoms with Gasteiger partial charge in [-0.05, 0) is 24.2 Å². The van der Waals surface area contributed by atoms with Crippen molar-refractivity contribution in [3.8, 4) is 0 Å². The minimum absolute atomic E-state index is 0.245. The minimum atomic E-state index is 0.245. The predicted octanol–water partition coefficient (Wildman–Crippen LogP) is 2.98. The molecule has 1 rings (SSSR count). The van der Waals surface area contributed by atoms with E-state index in [1.165, 1.54) is 25.7 Å². The van der Waals surface area contributed by atoms with E-state index >= 15 is 0 Å². The molecule has 0 bridgehead atoms. The highest BCUT2D eigenvalue weighted by Gasteiger charge is 2.22. The van der Waals surface area contributed by atoms with Crippen LogP contribution in [0.1, 0.15) is 52.9 Å². The van der Waals surface area contributed by atoms with E-state index in [1.807, 2.05) is 0 Å². The third kappa shape index (κ3) is 5.19. The van der Waals surface area contributed by atoms with Gasteiger partial charge in [0.25, 0.3) is 0 Å². The lowest BCUT2D eigenvalue weighted by molar-refractivity contribution is -0.119. The fourth-order valence-electron chi connectivity index (χ4n) is 2.39. The van der Waals surface area contributed by atoms with Crippen LogP contribution in [0.2, 0.25) is 0 Å². The molecule has 1 fully saturated rings. The average molecular weight is 211 g/mol. The number of carbonyl (C=O) groups excluding carboxylic acids is 1. The summed E-state index contributed by atoms with van der Waals surface area (Å²) in [5.74, 6) is 2.45. The molecule has 1 aliphatic rings. The lowest BCUT2D eigenvalue weighted by Gasteiger charge is -2.15. The SMILES string of the molecule is CC(C)CCCC(C)CC1CNC(=O)C1. The molecule has 2 unspecified atom stereocenters. The van der Waals surface area contributed by atoms with Gasteiger partial charge in [-0.2, -0.15) is 0 Å². The standard InChI is InChI=1S/C13H25NO/c1-10(2)5-4-6-11(3)7-12-8-13(15)14-9-12/h10-12H,4-9H2,1-3H3,(H,14,15). The second kappa shape index (κ2) is 6.14. The molecule has 2 atom stereocenters. The lowest BCUT2D eigenvalue weighted by Crippen LogP contribution is -2.14. The van der Waals surface area contributed by atoms with Gasteiger partial charge in [0.15, 0.2) is 0 Å². The van der Waals surface area contributed by atoms with Crippen LogP contribution in [0, 0.1) is 17.8 Å². The number of carbonyl (C=O) groups is 1. The molecule has 15 heavy (non-hydrogen) atoms. The van der Waals surface area contributed by atoms with E-state index in [9.17, 15) is 4.79 Å². The largest absolute Gasteiger partial charge is 0.356 e. The maximum Gasteiger partial charge on any atom is 0.220 e. The van der Waals surface area contributed by atoms with Crippen molar-refractivity contribution in [2.24, 2.45) is 17.8 Å². The summed E-state index contributed by atoms with van der Waals surface area (Å²) in [5, 5.41) is 2.91. The van der Waals surface area contributed by atoms with Crippen LogP contribution in [0.15, 0.2) is 0 Å². The molecule has 1 N–H and O–H groups in total. The van der Waals surface area contributed by atoms with Crippen LogP contribution in [0.5, 0.6) is 0 Å². The molecule has 0 spiro atoms. The van der Waals surface area contributed by atoms with Crippen molar-refractivity contribution in [3.05, 3.63) is 0 Å². The molecule has 0 aromatic rings. The second-order valence-corrected chi connectivity index (χ2v) is 5.54. The van der Waals surface area contributed by atoms with Gasteiger partial charge in [0.2, 0.25) is 5.91 Å². The van der Waals surface area contributed by atoms with Gasteiger partial charge in [-0.1, -0.05) is 40.0 Å². The number of hydrogen-bond acceptors (Lipinski definition) is 1. The lowest BCUT2D eigenvalue weighted by atomic mass is 9.90. The molecule has 0 aliphatic carbocycles. The summed E-state index contributed by atoms with van der Waals surface area (Å²) in [7, 11) is 0. The monoisotopic (exact) mass is 211 g/mol. The van der Waals surface area contributed by atoms with Crippen LogP contribution in [0.4, 0.5) is 0 Å².